The predicted molar refractivity (Wildman–Crippen MR) is 161 cm³/mol. The molecule has 6 aromatic carbocycles. The van der Waals surface area contributed by atoms with Crippen LogP contribution in [0.1, 0.15) is 11.1 Å². The summed E-state index contributed by atoms with van der Waals surface area (Å²) in [5, 5.41) is 2.57. The van der Waals surface area contributed by atoms with Crippen molar-refractivity contribution in [3.05, 3.63) is 163 Å². The molecule has 0 saturated heterocycles. The van der Waals surface area contributed by atoms with Crippen LogP contribution < -0.4 is 0 Å². The number of fused-ring (bicyclic) bond motifs is 3. The molecule has 38 heavy (non-hydrogen) atoms. The number of aromatic nitrogens is 1. The second-order valence-corrected chi connectivity index (χ2v) is 9.86. The molecule has 0 saturated carbocycles. The normalized spacial score (nSPS) is 11.3. The highest BCUT2D eigenvalue weighted by Crippen LogP contribution is 2.34. The van der Waals surface area contributed by atoms with Gasteiger partial charge in [0.15, 0.2) is 0 Å². The Hall–Kier alpha value is -4.88. The Morgan fingerprint density at radius 3 is 1.55 bits per heavy atom. The predicted octanol–water partition coefficient (Wildman–Crippen LogP) is 9.71. The monoisotopic (exact) mass is 485 g/mol. The number of benzene rings is 6. The molecule has 1 aromatic heterocycles. The molecule has 0 aliphatic carbocycles. The minimum absolute atomic E-state index is 0.927. The largest absolute Gasteiger partial charge is 0.309 e. The van der Waals surface area contributed by atoms with E-state index in [1.165, 1.54) is 60.9 Å². The highest BCUT2D eigenvalue weighted by molar-refractivity contribution is 6.10. The quantitative estimate of drug-likeness (QED) is 0.229. The summed E-state index contributed by atoms with van der Waals surface area (Å²) in [5.41, 5.74) is 11.3. The molecule has 0 unspecified atom stereocenters. The van der Waals surface area contributed by atoms with Crippen LogP contribution in [-0.4, -0.2) is 4.57 Å². The zero-order valence-corrected chi connectivity index (χ0v) is 21.1. The summed E-state index contributed by atoms with van der Waals surface area (Å²) < 4.78 is 2.38. The first-order valence-electron chi connectivity index (χ1n) is 13.2. The van der Waals surface area contributed by atoms with Crippen molar-refractivity contribution in [1.82, 2.24) is 4.57 Å². The van der Waals surface area contributed by atoms with E-state index in [2.05, 4.69) is 156 Å². The smallest absolute Gasteiger partial charge is 0.0547 e. The number of rotatable bonds is 5. The van der Waals surface area contributed by atoms with E-state index >= 15 is 0 Å². The second-order valence-electron chi connectivity index (χ2n) is 9.86. The lowest BCUT2D eigenvalue weighted by molar-refractivity contribution is 1.18. The van der Waals surface area contributed by atoms with E-state index < -0.39 is 0 Å². The summed E-state index contributed by atoms with van der Waals surface area (Å²) in [6, 6.07) is 54.7. The van der Waals surface area contributed by atoms with Crippen molar-refractivity contribution in [3.63, 3.8) is 0 Å². The number of hydrogen-bond acceptors (Lipinski definition) is 0. The van der Waals surface area contributed by atoms with Gasteiger partial charge in [-0.3, -0.25) is 0 Å². The maximum absolute atomic E-state index is 2.38. The molecule has 0 bridgehead atoms. The number of hydrogen-bond donors (Lipinski definition) is 0. The second kappa shape index (κ2) is 9.53. The van der Waals surface area contributed by atoms with Gasteiger partial charge in [-0.25, -0.2) is 0 Å². The summed E-state index contributed by atoms with van der Waals surface area (Å²) in [6.45, 7) is 0. The molecule has 0 atom stereocenters. The first-order chi connectivity index (χ1) is 18.8. The zero-order valence-electron chi connectivity index (χ0n) is 21.1. The lowest BCUT2D eigenvalue weighted by atomic mass is 9.98. The first-order valence-corrected chi connectivity index (χ1v) is 13.2. The Morgan fingerprint density at radius 1 is 0.368 bits per heavy atom. The molecule has 0 aliphatic heterocycles. The van der Waals surface area contributed by atoms with Crippen molar-refractivity contribution in [3.8, 4) is 27.9 Å². The van der Waals surface area contributed by atoms with E-state index in [0.717, 1.165) is 6.42 Å². The summed E-state index contributed by atoms with van der Waals surface area (Å²) in [4.78, 5) is 0. The van der Waals surface area contributed by atoms with Crippen molar-refractivity contribution in [2.24, 2.45) is 0 Å². The molecule has 1 heterocycles. The Bertz CT molecular complexity index is 1840. The molecular formula is C37H27N. The molecule has 0 amide bonds. The van der Waals surface area contributed by atoms with Gasteiger partial charge >= 0.3 is 0 Å². The molecule has 7 rings (SSSR count). The molecule has 7 aromatic rings. The van der Waals surface area contributed by atoms with E-state index in [1.807, 2.05) is 0 Å². The van der Waals surface area contributed by atoms with Gasteiger partial charge in [0.05, 0.1) is 11.0 Å². The number of para-hydroxylation sites is 2. The van der Waals surface area contributed by atoms with Crippen LogP contribution in [0.4, 0.5) is 0 Å². The van der Waals surface area contributed by atoms with Gasteiger partial charge in [0.25, 0.3) is 0 Å². The molecule has 0 N–H and O–H groups in total. The van der Waals surface area contributed by atoms with Crippen molar-refractivity contribution >= 4 is 21.8 Å². The van der Waals surface area contributed by atoms with Gasteiger partial charge in [-0.1, -0.05) is 127 Å². The van der Waals surface area contributed by atoms with Gasteiger partial charge in [0.2, 0.25) is 0 Å². The van der Waals surface area contributed by atoms with Crippen LogP contribution in [0.2, 0.25) is 0 Å². The summed E-state index contributed by atoms with van der Waals surface area (Å²) in [5.74, 6) is 0. The van der Waals surface area contributed by atoms with Crippen molar-refractivity contribution in [1.29, 1.82) is 0 Å². The molecular weight excluding hydrogens is 458 g/mol. The van der Waals surface area contributed by atoms with Crippen molar-refractivity contribution < 1.29 is 0 Å². The Balaban J connectivity index is 1.20. The van der Waals surface area contributed by atoms with Gasteiger partial charge < -0.3 is 4.57 Å². The van der Waals surface area contributed by atoms with Crippen LogP contribution >= 0.6 is 0 Å². The summed E-state index contributed by atoms with van der Waals surface area (Å²) in [6.07, 6.45) is 0.927. The van der Waals surface area contributed by atoms with Crippen molar-refractivity contribution in [2.45, 2.75) is 6.42 Å². The lowest BCUT2D eigenvalue weighted by Gasteiger charge is -2.09. The molecule has 1 heteroatoms. The van der Waals surface area contributed by atoms with Crippen molar-refractivity contribution in [2.75, 3.05) is 0 Å². The maximum atomic E-state index is 2.38. The Morgan fingerprint density at radius 2 is 0.868 bits per heavy atom. The summed E-state index contributed by atoms with van der Waals surface area (Å²) in [7, 11) is 0. The lowest BCUT2D eigenvalue weighted by Crippen LogP contribution is -1.93. The van der Waals surface area contributed by atoms with E-state index in [1.54, 1.807) is 0 Å². The van der Waals surface area contributed by atoms with Gasteiger partial charge in [0.1, 0.15) is 0 Å². The Kier molecular flexibility index (Phi) is 5.60. The van der Waals surface area contributed by atoms with Crippen LogP contribution in [0.5, 0.6) is 0 Å². The first kappa shape index (κ1) is 22.3. The molecule has 180 valence electrons. The van der Waals surface area contributed by atoms with Gasteiger partial charge in [-0.15, -0.1) is 0 Å². The zero-order chi connectivity index (χ0) is 25.3. The van der Waals surface area contributed by atoms with Crippen LogP contribution in [0.15, 0.2) is 152 Å². The fourth-order valence-electron chi connectivity index (χ4n) is 5.50. The third kappa shape index (κ3) is 4.09. The van der Waals surface area contributed by atoms with Crippen LogP contribution in [0.3, 0.4) is 0 Å². The highest BCUT2D eigenvalue weighted by Gasteiger charge is 2.13. The molecule has 0 fully saturated rings. The third-order valence-electron chi connectivity index (χ3n) is 7.44. The van der Waals surface area contributed by atoms with E-state index in [0.29, 0.717) is 0 Å². The molecule has 0 aliphatic rings. The van der Waals surface area contributed by atoms with Crippen LogP contribution in [-0.2, 0) is 6.42 Å². The fourth-order valence-corrected chi connectivity index (χ4v) is 5.50. The Labute approximate surface area is 223 Å². The molecule has 0 spiro atoms. The average Bonchev–Trinajstić information content (AvgIpc) is 3.32. The third-order valence-corrected chi connectivity index (χ3v) is 7.44. The van der Waals surface area contributed by atoms with E-state index in [9.17, 15) is 0 Å². The molecule has 0 radical (unpaired) electrons. The minimum Gasteiger partial charge on any atom is -0.309 e. The van der Waals surface area contributed by atoms with Crippen LogP contribution in [0, 0.1) is 0 Å². The summed E-state index contributed by atoms with van der Waals surface area (Å²) >= 11 is 0. The fraction of sp³-hybridized carbons (Fsp3) is 0.0270. The van der Waals surface area contributed by atoms with Gasteiger partial charge in [0, 0.05) is 16.5 Å². The standard InChI is InChI=1S/C37H27N/c1-3-9-29(10-4-1)30-19-15-27(16-20-30)25-28-17-21-31(22-18-28)32-23-24-35-34-13-7-8-14-36(34)38(37(35)26-32)33-11-5-2-6-12-33/h1-24,26H,25H2. The van der Waals surface area contributed by atoms with Gasteiger partial charge in [-0.05, 0) is 64.1 Å². The average molecular weight is 486 g/mol. The highest BCUT2D eigenvalue weighted by atomic mass is 15.0. The minimum atomic E-state index is 0.927. The topological polar surface area (TPSA) is 4.93 Å². The van der Waals surface area contributed by atoms with E-state index in [-0.39, 0.29) is 0 Å². The SMILES string of the molecule is c1ccc(-c2ccc(Cc3ccc(-c4ccc5c6ccccc6n(-c6ccccc6)c5c4)cc3)cc2)cc1. The van der Waals surface area contributed by atoms with E-state index in [4.69, 9.17) is 0 Å². The van der Waals surface area contributed by atoms with Gasteiger partial charge in [-0.2, -0.15) is 0 Å². The number of nitrogens with zero attached hydrogens (tertiary/aromatic N) is 1. The molecule has 1 nitrogen and oxygen atoms in total. The van der Waals surface area contributed by atoms with Crippen LogP contribution in [0.25, 0.3) is 49.7 Å². The maximum Gasteiger partial charge on any atom is 0.0547 e.